The number of rotatable bonds is 2. The number of hydrogen-bond donors (Lipinski definition) is 1. The first-order valence-corrected chi connectivity index (χ1v) is 6.26. The summed E-state index contributed by atoms with van der Waals surface area (Å²) in [7, 11) is 0. The summed E-state index contributed by atoms with van der Waals surface area (Å²) < 4.78 is 37.3. The maximum atomic E-state index is 12.4. The third kappa shape index (κ3) is 2.83. The molecule has 1 amide bonds. The fraction of sp³-hybridized carbons (Fsp3) is 0.583. The molecule has 1 aromatic rings. The average Bonchev–Trinajstić information content (AvgIpc) is 2.37. The van der Waals surface area contributed by atoms with Crippen molar-refractivity contribution in [3.63, 3.8) is 0 Å². The molecule has 0 aromatic carbocycles. The minimum absolute atomic E-state index is 0.0133. The number of aromatic nitrogens is 2. The molecule has 20 heavy (non-hydrogen) atoms. The van der Waals surface area contributed by atoms with Gasteiger partial charge in [-0.3, -0.25) is 4.79 Å². The highest BCUT2D eigenvalue weighted by atomic mass is 19.4. The normalized spacial score (nSPS) is 20.2. The van der Waals surface area contributed by atoms with Gasteiger partial charge in [-0.05, 0) is 18.1 Å². The van der Waals surface area contributed by atoms with Crippen LogP contribution in [0.5, 0.6) is 0 Å². The predicted octanol–water partition coefficient (Wildman–Crippen LogP) is 1.46. The Bertz CT molecular complexity index is 486. The Morgan fingerprint density at radius 2 is 2.05 bits per heavy atom. The van der Waals surface area contributed by atoms with Crippen LogP contribution < -0.4 is 10.2 Å². The van der Waals surface area contributed by atoms with E-state index < -0.39 is 17.9 Å². The van der Waals surface area contributed by atoms with E-state index in [0.717, 1.165) is 6.07 Å². The second kappa shape index (κ2) is 5.26. The van der Waals surface area contributed by atoms with Crippen molar-refractivity contribution in [3.8, 4) is 0 Å². The van der Waals surface area contributed by atoms with Crippen LogP contribution in [0.25, 0.3) is 0 Å². The molecule has 2 heterocycles. The maximum absolute atomic E-state index is 12.4. The van der Waals surface area contributed by atoms with Gasteiger partial charge in [-0.2, -0.15) is 13.2 Å². The van der Waals surface area contributed by atoms with Crippen LogP contribution in [0.1, 0.15) is 19.5 Å². The van der Waals surface area contributed by atoms with Crippen molar-refractivity contribution in [1.82, 2.24) is 15.5 Å². The van der Waals surface area contributed by atoms with E-state index in [1.165, 1.54) is 6.07 Å². The fourth-order valence-corrected chi connectivity index (χ4v) is 2.23. The molecule has 5 nitrogen and oxygen atoms in total. The number of alkyl halides is 3. The van der Waals surface area contributed by atoms with Crippen LogP contribution in [0.2, 0.25) is 0 Å². The van der Waals surface area contributed by atoms with Gasteiger partial charge in [0, 0.05) is 13.1 Å². The Morgan fingerprint density at radius 1 is 1.35 bits per heavy atom. The smallest absolute Gasteiger partial charge is 0.353 e. The van der Waals surface area contributed by atoms with Crippen molar-refractivity contribution in [2.75, 3.05) is 18.0 Å². The molecule has 1 aromatic heterocycles. The van der Waals surface area contributed by atoms with E-state index in [2.05, 4.69) is 15.5 Å². The monoisotopic (exact) mass is 288 g/mol. The standard InChI is InChI=1S/C12H15F3N4O/c1-7(2)10-11(20)16-5-6-19(10)9-4-3-8(17-18-9)12(13,14)15/h3-4,7,10H,5-6H2,1-2H3,(H,16,20). The van der Waals surface area contributed by atoms with Crippen LogP contribution in [-0.2, 0) is 11.0 Å². The number of nitrogens with zero attached hydrogens (tertiary/aromatic N) is 3. The van der Waals surface area contributed by atoms with E-state index in [0.29, 0.717) is 13.1 Å². The molecule has 0 bridgehead atoms. The largest absolute Gasteiger partial charge is 0.435 e. The van der Waals surface area contributed by atoms with Gasteiger partial charge in [0.1, 0.15) is 6.04 Å². The number of halogens is 3. The van der Waals surface area contributed by atoms with Gasteiger partial charge in [-0.15, -0.1) is 10.2 Å². The van der Waals surface area contributed by atoms with Gasteiger partial charge in [0.15, 0.2) is 11.5 Å². The van der Waals surface area contributed by atoms with Crippen LogP contribution in [0, 0.1) is 5.92 Å². The van der Waals surface area contributed by atoms with Crippen molar-refractivity contribution < 1.29 is 18.0 Å². The summed E-state index contributed by atoms with van der Waals surface area (Å²) in [6, 6.07) is 1.69. The summed E-state index contributed by atoms with van der Waals surface area (Å²) in [5.74, 6) is 0.152. The van der Waals surface area contributed by atoms with Gasteiger partial charge < -0.3 is 10.2 Å². The first kappa shape index (κ1) is 14.5. The SMILES string of the molecule is CC(C)C1C(=O)NCCN1c1ccc(C(F)(F)F)nn1. The third-order valence-corrected chi connectivity index (χ3v) is 3.12. The summed E-state index contributed by atoms with van der Waals surface area (Å²) in [4.78, 5) is 13.6. The van der Waals surface area contributed by atoms with Crippen LogP contribution in [0.3, 0.4) is 0 Å². The third-order valence-electron chi connectivity index (χ3n) is 3.12. The summed E-state index contributed by atoms with van der Waals surface area (Å²) in [6.45, 7) is 4.68. The number of hydrogen-bond acceptors (Lipinski definition) is 4. The predicted molar refractivity (Wildman–Crippen MR) is 66.0 cm³/mol. The van der Waals surface area contributed by atoms with Crippen molar-refractivity contribution in [1.29, 1.82) is 0 Å². The molecule has 1 aliphatic rings. The second-order valence-corrected chi connectivity index (χ2v) is 4.95. The Balaban J connectivity index is 2.27. The van der Waals surface area contributed by atoms with E-state index in [9.17, 15) is 18.0 Å². The average molecular weight is 288 g/mol. The molecule has 1 aliphatic heterocycles. The van der Waals surface area contributed by atoms with Crippen LogP contribution in [0.4, 0.5) is 19.0 Å². The molecule has 1 fully saturated rings. The van der Waals surface area contributed by atoms with Gasteiger partial charge in [0.05, 0.1) is 0 Å². The van der Waals surface area contributed by atoms with Crippen molar-refractivity contribution in [3.05, 3.63) is 17.8 Å². The minimum atomic E-state index is -4.51. The molecule has 0 radical (unpaired) electrons. The van der Waals surface area contributed by atoms with E-state index in [1.807, 2.05) is 13.8 Å². The lowest BCUT2D eigenvalue weighted by molar-refractivity contribution is -0.141. The Labute approximate surface area is 114 Å². The number of carbonyl (C=O) groups is 1. The van der Waals surface area contributed by atoms with Crippen LogP contribution in [0.15, 0.2) is 12.1 Å². The van der Waals surface area contributed by atoms with E-state index in [1.54, 1.807) is 4.90 Å². The van der Waals surface area contributed by atoms with Crippen molar-refractivity contribution in [2.45, 2.75) is 26.1 Å². The summed E-state index contributed by atoms with van der Waals surface area (Å²) in [5, 5.41) is 9.55. The quantitative estimate of drug-likeness (QED) is 0.895. The van der Waals surface area contributed by atoms with Crippen LogP contribution in [-0.4, -0.2) is 35.2 Å². The lowest BCUT2D eigenvalue weighted by Crippen LogP contribution is -2.57. The lowest BCUT2D eigenvalue weighted by atomic mass is 10.00. The van der Waals surface area contributed by atoms with Crippen LogP contribution >= 0.6 is 0 Å². The van der Waals surface area contributed by atoms with Gasteiger partial charge >= 0.3 is 6.18 Å². The fourth-order valence-electron chi connectivity index (χ4n) is 2.23. The number of nitrogens with one attached hydrogen (secondary N) is 1. The molecule has 2 rings (SSSR count). The van der Waals surface area contributed by atoms with Crippen molar-refractivity contribution >= 4 is 11.7 Å². The molecule has 1 atom stereocenters. The Morgan fingerprint density at radius 3 is 2.55 bits per heavy atom. The minimum Gasteiger partial charge on any atom is -0.353 e. The maximum Gasteiger partial charge on any atom is 0.435 e. The molecule has 0 aliphatic carbocycles. The molecule has 0 saturated carbocycles. The van der Waals surface area contributed by atoms with Gasteiger partial charge in [-0.1, -0.05) is 13.8 Å². The highest BCUT2D eigenvalue weighted by Gasteiger charge is 2.35. The van der Waals surface area contributed by atoms with E-state index in [4.69, 9.17) is 0 Å². The summed E-state index contributed by atoms with van der Waals surface area (Å²) in [6.07, 6.45) is -4.51. The van der Waals surface area contributed by atoms with E-state index in [-0.39, 0.29) is 17.6 Å². The van der Waals surface area contributed by atoms with E-state index >= 15 is 0 Å². The first-order valence-electron chi connectivity index (χ1n) is 6.26. The molecule has 1 unspecified atom stereocenters. The number of carbonyl (C=O) groups excluding carboxylic acids is 1. The topological polar surface area (TPSA) is 58.1 Å². The Kier molecular flexibility index (Phi) is 3.82. The Hall–Kier alpha value is -1.86. The van der Waals surface area contributed by atoms with Gasteiger partial charge in [-0.25, -0.2) is 0 Å². The molecular formula is C12H15F3N4O. The molecule has 1 saturated heterocycles. The summed E-state index contributed by atoms with van der Waals surface area (Å²) in [5.41, 5.74) is -1.04. The van der Waals surface area contributed by atoms with Gasteiger partial charge in [0.2, 0.25) is 5.91 Å². The van der Waals surface area contributed by atoms with Crippen molar-refractivity contribution in [2.24, 2.45) is 5.92 Å². The molecule has 110 valence electrons. The summed E-state index contributed by atoms with van der Waals surface area (Å²) >= 11 is 0. The number of amides is 1. The molecule has 8 heteroatoms. The zero-order valence-electron chi connectivity index (χ0n) is 11.1. The first-order chi connectivity index (χ1) is 9.30. The molecule has 0 spiro atoms. The molecular weight excluding hydrogens is 273 g/mol. The highest BCUT2D eigenvalue weighted by Crippen LogP contribution is 2.28. The van der Waals surface area contributed by atoms with Gasteiger partial charge in [0.25, 0.3) is 0 Å². The number of anilines is 1. The number of piperazine rings is 1. The highest BCUT2D eigenvalue weighted by molar-refractivity contribution is 5.86. The second-order valence-electron chi connectivity index (χ2n) is 4.95. The lowest BCUT2D eigenvalue weighted by Gasteiger charge is -2.37. The molecule has 1 N–H and O–H groups in total. The zero-order valence-corrected chi connectivity index (χ0v) is 11.1. The zero-order chi connectivity index (χ0) is 14.9.